The zero-order valence-electron chi connectivity index (χ0n) is 12.1. The average Bonchev–Trinajstić information content (AvgIpc) is 2.50. The molecular formula is C16H24O2. The Balaban J connectivity index is 2.14. The molecule has 1 aliphatic heterocycles. The molecule has 1 aromatic rings. The fourth-order valence-electron chi connectivity index (χ4n) is 2.11. The third-order valence-electron chi connectivity index (χ3n) is 4.04. The van der Waals surface area contributed by atoms with Gasteiger partial charge < -0.3 is 9.47 Å². The van der Waals surface area contributed by atoms with E-state index in [-0.39, 0.29) is 17.5 Å². The first kappa shape index (κ1) is 13.6. The molecule has 100 valence electrons. The van der Waals surface area contributed by atoms with Crippen LogP contribution in [0, 0.1) is 0 Å². The second-order valence-electron chi connectivity index (χ2n) is 6.08. The van der Waals surface area contributed by atoms with Gasteiger partial charge in [0, 0.05) is 5.56 Å². The van der Waals surface area contributed by atoms with E-state index in [9.17, 15) is 0 Å². The molecule has 0 spiro atoms. The molecule has 0 bridgehead atoms. The van der Waals surface area contributed by atoms with Gasteiger partial charge in [0.15, 0.2) is 6.29 Å². The Morgan fingerprint density at radius 1 is 0.944 bits per heavy atom. The Hall–Kier alpha value is -0.860. The van der Waals surface area contributed by atoms with Crippen LogP contribution in [0.1, 0.15) is 58.5 Å². The van der Waals surface area contributed by atoms with E-state index in [1.807, 2.05) is 0 Å². The minimum absolute atomic E-state index is 0.245. The molecule has 0 radical (unpaired) electrons. The highest BCUT2D eigenvalue weighted by Crippen LogP contribution is 2.44. The smallest absolute Gasteiger partial charge is 0.185 e. The molecule has 0 atom stereocenters. The van der Waals surface area contributed by atoms with Gasteiger partial charge in [0.05, 0.1) is 11.2 Å². The average molecular weight is 248 g/mol. The minimum Gasteiger partial charge on any atom is -0.339 e. The number of rotatable bonds is 3. The molecule has 0 unspecified atom stereocenters. The molecular weight excluding hydrogens is 224 g/mol. The number of benzene rings is 1. The zero-order chi connectivity index (χ0) is 13.4. The third kappa shape index (κ3) is 2.45. The molecule has 0 aromatic heterocycles. The monoisotopic (exact) mass is 248 g/mol. The first-order valence-electron chi connectivity index (χ1n) is 6.80. The summed E-state index contributed by atoms with van der Waals surface area (Å²) in [6.45, 7) is 10.5. The van der Waals surface area contributed by atoms with Crippen LogP contribution in [0.3, 0.4) is 0 Å². The van der Waals surface area contributed by atoms with Crippen LogP contribution in [0.2, 0.25) is 0 Å². The van der Waals surface area contributed by atoms with E-state index < -0.39 is 0 Å². The van der Waals surface area contributed by atoms with Crippen molar-refractivity contribution in [2.24, 2.45) is 0 Å². The maximum absolute atomic E-state index is 6.03. The summed E-state index contributed by atoms with van der Waals surface area (Å²) in [4.78, 5) is 0. The van der Waals surface area contributed by atoms with Gasteiger partial charge in [0.1, 0.15) is 0 Å². The SMILES string of the molecule is CCCc1ccc(C2OC(C)(C)C(C)(C)O2)cc1. The summed E-state index contributed by atoms with van der Waals surface area (Å²) in [5, 5.41) is 0. The van der Waals surface area contributed by atoms with Crippen LogP contribution in [0.25, 0.3) is 0 Å². The molecule has 0 N–H and O–H groups in total. The van der Waals surface area contributed by atoms with Gasteiger partial charge in [-0.1, -0.05) is 37.6 Å². The van der Waals surface area contributed by atoms with Crippen molar-refractivity contribution >= 4 is 0 Å². The molecule has 2 nitrogen and oxygen atoms in total. The molecule has 18 heavy (non-hydrogen) atoms. The molecule has 1 fully saturated rings. The van der Waals surface area contributed by atoms with Gasteiger partial charge in [-0.15, -0.1) is 0 Å². The summed E-state index contributed by atoms with van der Waals surface area (Å²) in [6, 6.07) is 8.58. The molecule has 0 saturated carbocycles. The van der Waals surface area contributed by atoms with Crippen LogP contribution >= 0.6 is 0 Å². The number of hydrogen-bond acceptors (Lipinski definition) is 2. The minimum atomic E-state index is -0.264. The topological polar surface area (TPSA) is 18.5 Å². The van der Waals surface area contributed by atoms with Crippen molar-refractivity contribution in [3.8, 4) is 0 Å². The van der Waals surface area contributed by atoms with E-state index in [0.717, 1.165) is 12.0 Å². The molecule has 1 heterocycles. The number of ether oxygens (including phenoxy) is 2. The van der Waals surface area contributed by atoms with E-state index in [0.29, 0.717) is 0 Å². The van der Waals surface area contributed by atoms with Gasteiger partial charge in [-0.25, -0.2) is 0 Å². The highest BCUT2D eigenvalue weighted by atomic mass is 16.7. The second-order valence-corrected chi connectivity index (χ2v) is 6.08. The van der Waals surface area contributed by atoms with Gasteiger partial charge in [-0.2, -0.15) is 0 Å². The molecule has 1 aromatic carbocycles. The lowest BCUT2D eigenvalue weighted by molar-refractivity contribution is -0.0895. The van der Waals surface area contributed by atoms with Gasteiger partial charge in [-0.05, 0) is 39.7 Å². The van der Waals surface area contributed by atoms with Crippen molar-refractivity contribution in [1.29, 1.82) is 0 Å². The quantitative estimate of drug-likeness (QED) is 0.796. The lowest BCUT2D eigenvalue weighted by atomic mass is 9.90. The van der Waals surface area contributed by atoms with Crippen molar-refractivity contribution in [3.05, 3.63) is 35.4 Å². The Morgan fingerprint density at radius 3 is 1.89 bits per heavy atom. The van der Waals surface area contributed by atoms with Crippen LogP contribution in [0.4, 0.5) is 0 Å². The highest BCUT2D eigenvalue weighted by molar-refractivity contribution is 5.24. The zero-order valence-corrected chi connectivity index (χ0v) is 12.1. The first-order chi connectivity index (χ1) is 8.36. The van der Waals surface area contributed by atoms with E-state index in [1.165, 1.54) is 12.0 Å². The summed E-state index contributed by atoms with van der Waals surface area (Å²) >= 11 is 0. The maximum Gasteiger partial charge on any atom is 0.185 e. The lowest BCUT2D eigenvalue weighted by Gasteiger charge is -2.30. The van der Waals surface area contributed by atoms with Crippen molar-refractivity contribution in [2.45, 2.75) is 65.0 Å². The molecule has 2 heteroatoms. The standard InChI is InChI=1S/C16H24O2/c1-6-7-12-8-10-13(11-9-12)14-17-15(2,3)16(4,5)18-14/h8-11,14H,6-7H2,1-5H3. The van der Waals surface area contributed by atoms with Crippen molar-refractivity contribution in [1.82, 2.24) is 0 Å². The summed E-state index contributed by atoms with van der Waals surface area (Å²) in [7, 11) is 0. The predicted molar refractivity (Wildman–Crippen MR) is 73.5 cm³/mol. The van der Waals surface area contributed by atoms with E-state index >= 15 is 0 Å². The molecule has 0 amide bonds. The summed E-state index contributed by atoms with van der Waals surface area (Å²) in [6.07, 6.45) is 2.06. The Labute approximate surface area is 110 Å². The predicted octanol–water partition coefficient (Wildman–Crippen LogP) is 4.24. The van der Waals surface area contributed by atoms with Gasteiger partial charge in [0.25, 0.3) is 0 Å². The fourth-order valence-corrected chi connectivity index (χ4v) is 2.11. The second kappa shape index (κ2) is 4.67. The van der Waals surface area contributed by atoms with Crippen LogP contribution in [-0.4, -0.2) is 11.2 Å². The van der Waals surface area contributed by atoms with Crippen LogP contribution in [0.5, 0.6) is 0 Å². The Bertz CT molecular complexity index is 388. The van der Waals surface area contributed by atoms with Gasteiger partial charge >= 0.3 is 0 Å². The summed E-state index contributed by atoms with van der Waals surface area (Å²) in [5.74, 6) is 0. The van der Waals surface area contributed by atoms with E-state index in [2.05, 4.69) is 58.9 Å². The van der Waals surface area contributed by atoms with Crippen molar-refractivity contribution in [3.63, 3.8) is 0 Å². The maximum atomic E-state index is 6.03. The van der Waals surface area contributed by atoms with Gasteiger partial charge in [0.2, 0.25) is 0 Å². The normalized spacial score (nSPS) is 22.3. The molecule has 2 rings (SSSR count). The highest BCUT2D eigenvalue weighted by Gasteiger charge is 2.49. The first-order valence-corrected chi connectivity index (χ1v) is 6.80. The fraction of sp³-hybridized carbons (Fsp3) is 0.625. The largest absolute Gasteiger partial charge is 0.339 e. The Kier molecular flexibility index (Phi) is 3.52. The van der Waals surface area contributed by atoms with Crippen LogP contribution in [-0.2, 0) is 15.9 Å². The van der Waals surface area contributed by atoms with Crippen LogP contribution < -0.4 is 0 Å². The van der Waals surface area contributed by atoms with Gasteiger partial charge in [-0.3, -0.25) is 0 Å². The lowest BCUT2D eigenvalue weighted by Crippen LogP contribution is -2.41. The molecule has 1 saturated heterocycles. The Morgan fingerprint density at radius 2 is 1.44 bits per heavy atom. The van der Waals surface area contributed by atoms with Crippen molar-refractivity contribution in [2.75, 3.05) is 0 Å². The molecule has 1 aliphatic rings. The van der Waals surface area contributed by atoms with Crippen molar-refractivity contribution < 1.29 is 9.47 Å². The van der Waals surface area contributed by atoms with E-state index in [1.54, 1.807) is 0 Å². The summed E-state index contributed by atoms with van der Waals surface area (Å²) in [5.41, 5.74) is 1.95. The molecule has 0 aliphatic carbocycles. The summed E-state index contributed by atoms with van der Waals surface area (Å²) < 4.78 is 12.1. The van der Waals surface area contributed by atoms with Crippen LogP contribution in [0.15, 0.2) is 24.3 Å². The third-order valence-corrected chi connectivity index (χ3v) is 4.04. The number of aryl methyl sites for hydroxylation is 1. The van der Waals surface area contributed by atoms with E-state index in [4.69, 9.17) is 9.47 Å². The number of hydrogen-bond donors (Lipinski definition) is 0.